The van der Waals surface area contributed by atoms with Crippen molar-refractivity contribution in [2.45, 2.75) is 13.5 Å². The van der Waals surface area contributed by atoms with Crippen molar-refractivity contribution in [2.24, 2.45) is 0 Å². The van der Waals surface area contributed by atoms with Crippen LogP contribution in [0, 0.1) is 0 Å². The van der Waals surface area contributed by atoms with Crippen LogP contribution < -0.4 is 16.7 Å². The summed E-state index contributed by atoms with van der Waals surface area (Å²) in [5.74, 6) is 0.205. The number of nitrogens with zero attached hydrogens (tertiary/aromatic N) is 2. The number of nitrogens with one attached hydrogen (secondary N) is 1. The third-order valence-corrected chi connectivity index (χ3v) is 3.06. The van der Waals surface area contributed by atoms with Gasteiger partial charge in [0.25, 0.3) is 0 Å². The minimum atomic E-state index is -0.421. The smallest absolute Gasteiger partial charge is 0.354 e. The molecule has 3 N–H and O–H groups in total. The van der Waals surface area contributed by atoms with Gasteiger partial charge in [-0.15, -0.1) is 0 Å². The number of hydrogen-bond donors (Lipinski definition) is 2. The lowest BCUT2D eigenvalue weighted by molar-refractivity contribution is 0.726. The second-order valence-electron chi connectivity index (χ2n) is 4.06. The van der Waals surface area contributed by atoms with Crippen LogP contribution in [0.25, 0.3) is 5.69 Å². The summed E-state index contributed by atoms with van der Waals surface area (Å²) in [7, 11) is 0. The van der Waals surface area contributed by atoms with Gasteiger partial charge in [0.15, 0.2) is 0 Å². The van der Waals surface area contributed by atoms with Crippen LogP contribution >= 0.6 is 11.6 Å². The van der Waals surface area contributed by atoms with Crippen LogP contribution in [0.1, 0.15) is 12.5 Å². The molecule has 0 atom stereocenters. The first-order valence-electron chi connectivity index (χ1n) is 5.96. The molecule has 0 saturated heterocycles. The van der Waals surface area contributed by atoms with Crippen LogP contribution in [0.3, 0.4) is 0 Å². The summed E-state index contributed by atoms with van der Waals surface area (Å²) in [5, 5.41) is 3.81. The molecule has 100 valence electrons. The molecule has 5 nitrogen and oxygen atoms in total. The van der Waals surface area contributed by atoms with Gasteiger partial charge in [0, 0.05) is 17.8 Å². The Morgan fingerprint density at radius 3 is 2.84 bits per heavy atom. The Hall–Kier alpha value is -1.85. The third-order valence-electron chi connectivity index (χ3n) is 2.71. The number of halogens is 1. The van der Waals surface area contributed by atoms with Gasteiger partial charge in [0.2, 0.25) is 0 Å². The Labute approximate surface area is 116 Å². The first-order chi connectivity index (χ1) is 9.11. The van der Waals surface area contributed by atoms with Crippen molar-refractivity contribution in [3.8, 4) is 5.69 Å². The predicted molar refractivity (Wildman–Crippen MR) is 76.6 cm³/mol. The summed E-state index contributed by atoms with van der Waals surface area (Å²) in [4.78, 5) is 15.4. The van der Waals surface area contributed by atoms with Gasteiger partial charge in [-0.2, -0.15) is 4.98 Å². The number of hydrogen-bond acceptors (Lipinski definition) is 4. The average molecular weight is 279 g/mol. The lowest BCUT2D eigenvalue weighted by Gasteiger charge is -2.09. The topological polar surface area (TPSA) is 72.9 Å². The van der Waals surface area contributed by atoms with E-state index in [4.69, 9.17) is 17.3 Å². The van der Waals surface area contributed by atoms with E-state index in [2.05, 4.69) is 10.3 Å². The molecule has 0 spiro atoms. The summed E-state index contributed by atoms with van der Waals surface area (Å²) in [6.45, 7) is 3.60. The normalized spacial score (nSPS) is 10.6. The molecule has 0 radical (unpaired) electrons. The van der Waals surface area contributed by atoms with E-state index in [1.54, 1.807) is 18.3 Å². The Morgan fingerprint density at radius 1 is 1.42 bits per heavy atom. The summed E-state index contributed by atoms with van der Waals surface area (Å²) in [6, 6.07) is 7.04. The van der Waals surface area contributed by atoms with Gasteiger partial charge in [-0.3, -0.25) is 4.57 Å². The second kappa shape index (κ2) is 5.86. The van der Waals surface area contributed by atoms with Crippen molar-refractivity contribution in [3.05, 3.63) is 51.5 Å². The highest BCUT2D eigenvalue weighted by atomic mass is 35.5. The number of anilines is 1. The van der Waals surface area contributed by atoms with E-state index < -0.39 is 5.69 Å². The van der Waals surface area contributed by atoms with Crippen molar-refractivity contribution in [1.82, 2.24) is 14.9 Å². The summed E-state index contributed by atoms with van der Waals surface area (Å²) < 4.78 is 1.40. The van der Waals surface area contributed by atoms with Gasteiger partial charge < -0.3 is 11.1 Å². The van der Waals surface area contributed by atoms with Crippen LogP contribution in [0.2, 0.25) is 5.02 Å². The van der Waals surface area contributed by atoms with E-state index in [1.807, 2.05) is 19.1 Å². The second-order valence-corrected chi connectivity index (χ2v) is 4.47. The third kappa shape index (κ3) is 3.13. The Balaban J connectivity index is 2.36. The van der Waals surface area contributed by atoms with Gasteiger partial charge in [0.05, 0.1) is 5.69 Å². The molecule has 0 fully saturated rings. The highest BCUT2D eigenvalue weighted by Gasteiger charge is 2.05. The monoisotopic (exact) mass is 278 g/mol. The molecule has 1 heterocycles. The lowest BCUT2D eigenvalue weighted by atomic mass is 10.2. The fraction of sp³-hybridized carbons (Fsp3) is 0.231. The van der Waals surface area contributed by atoms with Crippen molar-refractivity contribution < 1.29 is 0 Å². The summed E-state index contributed by atoms with van der Waals surface area (Å²) >= 11 is 6.20. The van der Waals surface area contributed by atoms with Crippen molar-refractivity contribution in [3.63, 3.8) is 0 Å². The van der Waals surface area contributed by atoms with Gasteiger partial charge in [-0.25, -0.2) is 4.79 Å². The minimum Gasteiger partial charge on any atom is -0.383 e. The fourth-order valence-corrected chi connectivity index (χ4v) is 1.94. The molecule has 2 rings (SSSR count). The number of nitrogen functional groups attached to an aromatic ring is 1. The first kappa shape index (κ1) is 13.6. The van der Waals surface area contributed by atoms with Gasteiger partial charge >= 0.3 is 5.69 Å². The number of aromatic nitrogens is 2. The number of benzene rings is 1. The summed E-state index contributed by atoms with van der Waals surface area (Å²) in [5.41, 5.74) is 6.69. The van der Waals surface area contributed by atoms with Crippen molar-refractivity contribution in [1.29, 1.82) is 0 Å². The molecule has 0 aliphatic heterocycles. The summed E-state index contributed by atoms with van der Waals surface area (Å²) in [6.07, 6.45) is 1.58. The molecule has 1 aromatic heterocycles. The predicted octanol–water partition coefficient (Wildman–Crippen LogP) is 1.58. The molecule has 0 aliphatic carbocycles. The molecule has 0 unspecified atom stereocenters. The first-order valence-corrected chi connectivity index (χ1v) is 6.34. The Morgan fingerprint density at radius 2 is 2.21 bits per heavy atom. The zero-order valence-corrected chi connectivity index (χ0v) is 11.3. The number of nitrogens with two attached hydrogens (primary N) is 1. The van der Waals surface area contributed by atoms with E-state index in [-0.39, 0.29) is 5.82 Å². The zero-order chi connectivity index (χ0) is 13.8. The standard InChI is InChI=1S/C13H15ClN4O/c1-2-16-8-9-3-4-10(7-11(9)14)18-6-5-12(15)17-13(18)19/h3-7,16H,2,8H2,1H3,(H2,15,17,19). The molecule has 0 aliphatic rings. The SMILES string of the molecule is CCNCc1ccc(-n2ccc(N)nc2=O)cc1Cl. The van der Waals surface area contributed by atoms with Gasteiger partial charge in [-0.05, 0) is 30.3 Å². The maximum Gasteiger partial charge on any atom is 0.354 e. The largest absolute Gasteiger partial charge is 0.383 e. The van der Waals surface area contributed by atoms with Crippen LogP contribution in [-0.4, -0.2) is 16.1 Å². The van der Waals surface area contributed by atoms with Crippen LogP contribution in [0.15, 0.2) is 35.3 Å². The average Bonchev–Trinajstić information content (AvgIpc) is 2.37. The van der Waals surface area contributed by atoms with Gasteiger partial charge in [0.1, 0.15) is 5.82 Å². The molecule has 0 saturated carbocycles. The lowest BCUT2D eigenvalue weighted by Crippen LogP contribution is -2.21. The molecule has 0 bridgehead atoms. The van der Waals surface area contributed by atoms with E-state index in [0.29, 0.717) is 17.3 Å². The van der Waals surface area contributed by atoms with Gasteiger partial charge in [-0.1, -0.05) is 24.6 Å². The molecule has 0 amide bonds. The highest BCUT2D eigenvalue weighted by molar-refractivity contribution is 6.31. The minimum absolute atomic E-state index is 0.205. The zero-order valence-electron chi connectivity index (χ0n) is 10.6. The molecular formula is C13H15ClN4O. The molecule has 2 aromatic rings. The van der Waals surface area contributed by atoms with Crippen LogP contribution in [-0.2, 0) is 6.54 Å². The van der Waals surface area contributed by atoms with Crippen LogP contribution in [0.5, 0.6) is 0 Å². The van der Waals surface area contributed by atoms with E-state index in [9.17, 15) is 4.79 Å². The van der Waals surface area contributed by atoms with E-state index >= 15 is 0 Å². The number of rotatable bonds is 4. The van der Waals surface area contributed by atoms with Crippen molar-refractivity contribution >= 4 is 17.4 Å². The highest BCUT2D eigenvalue weighted by Crippen LogP contribution is 2.19. The molecule has 19 heavy (non-hydrogen) atoms. The fourth-order valence-electron chi connectivity index (χ4n) is 1.70. The van der Waals surface area contributed by atoms with E-state index in [1.165, 1.54) is 4.57 Å². The van der Waals surface area contributed by atoms with Crippen molar-refractivity contribution in [2.75, 3.05) is 12.3 Å². The molecular weight excluding hydrogens is 264 g/mol. The molecule has 6 heteroatoms. The Bertz CT molecular complexity index is 639. The maximum absolute atomic E-state index is 11.7. The molecule has 1 aromatic carbocycles. The Kier molecular flexibility index (Phi) is 4.19. The quantitative estimate of drug-likeness (QED) is 0.891. The maximum atomic E-state index is 11.7. The van der Waals surface area contributed by atoms with E-state index in [0.717, 1.165) is 12.1 Å². The van der Waals surface area contributed by atoms with Crippen LogP contribution in [0.4, 0.5) is 5.82 Å².